The van der Waals surface area contributed by atoms with E-state index in [9.17, 15) is 9.59 Å². The van der Waals surface area contributed by atoms with E-state index in [2.05, 4.69) is 29.1 Å². The van der Waals surface area contributed by atoms with Gasteiger partial charge < -0.3 is 20.9 Å². The Kier molecular flexibility index (Phi) is 10.5. The lowest BCUT2D eigenvalue weighted by Crippen LogP contribution is -2.35. The minimum atomic E-state index is -0.423. The first kappa shape index (κ1) is 30.9. The molecule has 0 saturated carbocycles. The summed E-state index contributed by atoms with van der Waals surface area (Å²) in [5.41, 5.74) is 19.9. The molecule has 12 nitrogen and oxygen atoms in total. The number of esters is 2. The van der Waals surface area contributed by atoms with Crippen LogP contribution in [0.1, 0.15) is 56.8 Å². The molecule has 0 aromatic carbocycles. The molecule has 222 valence electrons. The Balaban J connectivity index is 1.14. The molecule has 0 radical (unpaired) electrons. The maximum atomic E-state index is 12.2. The fraction of sp³-hybridized carbons (Fsp3) is 0.429. The molecule has 0 amide bonds. The van der Waals surface area contributed by atoms with E-state index in [1.54, 1.807) is 48.9 Å². The molecule has 0 aliphatic carbocycles. The van der Waals surface area contributed by atoms with Gasteiger partial charge in [-0.1, -0.05) is 22.7 Å². The number of thiazole rings is 2. The predicted molar refractivity (Wildman–Crippen MR) is 158 cm³/mol. The first-order valence-electron chi connectivity index (χ1n) is 13.5. The molecule has 4 aromatic heterocycles. The van der Waals surface area contributed by atoms with Crippen molar-refractivity contribution in [1.82, 2.24) is 19.9 Å². The number of anilines is 2. The standard InChI is InChI=1S/C28H36N8O4S2/c1-17-23(41-15-35(17)13-21-11-31-19(3)33-27(21)29)7-9-39-25(37)5-6-26(38)40-10-8-24-18(2)36(16-42-24)14-22-12-32-20(4)34-28(22)30/h11-12,15-16H,5-10,13-14H2,1-4H3,(H2,29,31,33)(H2,30,32,34)/q+2. The van der Waals surface area contributed by atoms with Gasteiger partial charge in [0.25, 0.3) is 0 Å². The highest BCUT2D eigenvalue weighted by Crippen LogP contribution is 2.16. The van der Waals surface area contributed by atoms with E-state index in [-0.39, 0.29) is 26.1 Å². The lowest BCUT2D eigenvalue weighted by molar-refractivity contribution is -0.689. The fourth-order valence-electron chi connectivity index (χ4n) is 4.19. The van der Waals surface area contributed by atoms with Crippen LogP contribution in [0.3, 0.4) is 0 Å². The summed E-state index contributed by atoms with van der Waals surface area (Å²) in [6, 6.07) is 0. The molecule has 0 saturated heterocycles. The van der Waals surface area contributed by atoms with Crippen LogP contribution in [0.15, 0.2) is 23.4 Å². The summed E-state index contributed by atoms with van der Waals surface area (Å²) in [6.07, 6.45) is 4.62. The molecular formula is C28H36N8O4S2+2. The molecule has 0 unspecified atom stereocenters. The van der Waals surface area contributed by atoms with Crippen molar-refractivity contribution < 1.29 is 28.2 Å². The third kappa shape index (κ3) is 8.26. The summed E-state index contributed by atoms with van der Waals surface area (Å²) >= 11 is 3.18. The first-order valence-corrected chi connectivity index (χ1v) is 15.3. The van der Waals surface area contributed by atoms with Crippen molar-refractivity contribution in [2.45, 2.75) is 66.5 Å². The summed E-state index contributed by atoms with van der Waals surface area (Å²) in [5.74, 6) is 1.37. The van der Waals surface area contributed by atoms with Gasteiger partial charge in [-0.25, -0.2) is 19.9 Å². The molecule has 0 fully saturated rings. The second kappa shape index (κ2) is 14.2. The van der Waals surface area contributed by atoms with E-state index in [0.29, 0.717) is 49.2 Å². The SMILES string of the molecule is Cc1ncc(C[n+]2csc(CCOC(=O)CCC(=O)OCCc3sc[n+](Cc4cnc(C)nc4N)c3C)c2C)c(N)n1. The average Bonchev–Trinajstić information content (AvgIpc) is 3.47. The van der Waals surface area contributed by atoms with Crippen LogP contribution >= 0.6 is 22.7 Å². The van der Waals surface area contributed by atoms with Gasteiger partial charge in [0.15, 0.2) is 24.5 Å². The van der Waals surface area contributed by atoms with Gasteiger partial charge in [-0.15, -0.1) is 0 Å². The fourth-order valence-corrected chi connectivity index (χ4v) is 6.15. The van der Waals surface area contributed by atoms with E-state index in [1.807, 2.05) is 24.9 Å². The van der Waals surface area contributed by atoms with Crippen LogP contribution < -0.4 is 20.6 Å². The summed E-state index contributed by atoms with van der Waals surface area (Å²) in [6.45, 7) is 9.25. The molecule has 0 atom stereocenters. The molecule has 4 rings (SSSR count). The van der Waals surface area contributed by atoms with Crippen molar-refractivity contribution in [3.8, 4) is 0 Å². The first-order chi connectivity index (χ1) is 20.1. The number of ether oxygens (including phenoxy) is 2. The molecule has 0 bridgehead atoms. The number of nitrogens with zero attached hydrogens (tertiary/aromatic N) is 6. The zero-order chi connectivity index (χ0) is 30.2. The van der Waals surface area contributed by atoms with Gasteiger partial charge in [-0.05, 0) is 13.8 Å². The van der Waals surface area contributed by atoms with Crippen molar-refractivity contribution in [2.24, 2.45) is 0 Å². The van der Waals surface area contributed by atoms with E-state index >= 15 is 0 Å². The lowest BCUT2D eigenvalue weighted by atomic mass is 10.2. The minimum absolute atomic E-state index is 0.0208. The molecule has 0 aliphatic rings. The summed E-state index contributed by atoms with van der Waals surface area (Å²) in [4.78, 5) is 43.5. The van der Waals surface area contributed by atoms with E-state index in [1.165, 1.54) is 0 Å². The zero-order valence-corrected chi connectivity index (χ0v) is 25.9. The topological polar surface area (TPSA) is 164 Å². The molecule has 4 N–H and O–H groups in total. The largest absolute Gasteiger partial charge is 0.465 e. The number of hydrogen-bond donors (Lipinski definition) is 2. The van der Waals surface area contributed by atoms with Crippen LogP contribution in [0.2, 0.25) is 0 Å². The molecule has 4 heterocycles. The van der Waals surface area contributed by atoms with Gasteiger partial charge >= 0.3 is 11.9 Å². The Bertz CT molecular complexity index is 1450. The Morgan fingerprint density at radius 3 is 1.52 bits per heavy atom. The van der Waals surface area contributed by atoms with Gasteiger partial charge in [0.05, 0.1) is 46.9 Å². The number of aromatic nitrogens is 6. The number of nitrogen functional groups attached to an aromatic ring is 2. The van der Waals surface area contributed by atoms with Gasteiger partial charge in [-0.3, -0.25) is 9.59 Å². The third-order valence-corrected chi connectivity index (χ3v) is 9.04. The zero-order valence-electron chi connectivity index (χ0n) is 24.3. The highest BCUT2D eigenvalue weighted by Gasteiger charge is 2.20. The summed E-state index contributed by atoms with van der Waals surface area (Å²) in [5, 5.41) is 0. The van der Waals surface area contributed by atoms with E-state index in [4.69, 9.17) is 20.9 Å². The highest BCUT2D eigenvalue weighted by molar-refractivity contribution is 7.09. The van der Waals surface area contributed by atoms with Crippen molar-refractivity contribution in [3.63, 3.8) is 0 Å². The predicted octanol–water partition coefficient (Wildman–Crippen LogP) is 2.11. The van der Waals surface area contributed by atoms with Gasteiger partial charge in [-0.2, -0.15) is 9.13 Å². The summed E-state index contributed by atoms with van der Waals surface area (Å²) < 4.78 is 14.9. The van der Waals surface area contributed by atoms with Crippen LogP contribution in [0, 0.1) is 27.7 Å². The lowest BCUT2D eigenvalue weighted by Gasteiger charge is -2.05. The van der Waals surface area contributed by atoms with Crippen LogP contribution in [0.5, 0.6) is 0 Å². The number of aryl methyl sites for hydroxylation is 2. The average molecular weight is 613 g/mol. The Labute approximate surface area is 252 Å². The molecule has 14 heteroatoms. The quantitative estimate of drug-likeness (QED) is 0.169. The summed E-state index contributed by atoms with van der Waals surface area (Å²) in [7, 11) is 0. The molecule has 0 aliphatic heterocycles. The van der Waals surface area contributed by atoms with Crippen molar-refractivity contribution >= 4 is 46.2 Å². The Morgan fingerprint density at radius 2 is 1.14 bits per heavy atom. The monoisotopic (exact) mass is 612 g/mol. The number of rotatable bonds is 13. The second-order valence-corrected chi connectivity index (χ2v) is 11.7. The molecular weight excluding hydrogens is 576 g/mol. The van der Waals surface area contributed by atoms with Gasteiger partial charge in [0, 0.05) is 39.1 Å². The molecule has 0 spiro atoms. The van der Waals surface area contributed by atoms with Crippen LogP contribution in [0.4, 0.5) is 11.6 Å². The number of carbonyl (C=O) groups is 2. The van der Waals surface area contributed by atoms with E-state index < -0.39 is 11.9 Å². The van der Waals surface area contributed by atoms with Crippen LogP contribution in [-0.4, -0.2) is 45.1 Å². The smallest absolute Gasteiger partial charge is 0.306 e. The van der Waals surface area contributed by atoms with Crippen LogP contribution in [0.25, 0.3) is 0 Å². The normalized spacial score (nSPS) is 11.0. The number of nitrogens with two attached hydrogens (primary N) is 2. The second-order valence-electron chi connectivity index (χ2n) is 9.82. The van der Waals surface area contributed by atoms with Crippen molar-refractivity contribution in [3.05, 3.63) is 67.3 Å². The number of hydrogen-bond acceptors (Lipinski definition) is 12. The van der Waals surface area contributed by atoms with Gasteiger partial charge in [0.1, 0.15) is 23.3 Å². The third-order valence-electron chi connectivity index (χ3n) is 6.75. The maximum Gasteiger partial charge on any atom is 0.306 e. The maximum absolute atomic E-state index is 12.2. The number of carbonyl (C=O) groups excluding carboxylic acids is 2. The highest BCUT2D eigenvalue weighted by atomic mass is 32.1. The molecule has 4 aromatic rings. The van der Waals surface area contributed by atoms with Crippen molar-refractivity contribution in [2.75, 3.05) is 24.7 Å². The van der Waals surface area contributed by atoms with Gasteiger partial charge in [0.2, 0.25) is 11.0 Å². The minimum Gasteiger partial charge on any atom is -0.465 e. The van der Waals surface area contributed by atoms with Crippen LogP contribution in [-0.2, 0) is 45.0 Å². The Morgan fingerprint density at radius 1 is 0.738 bits per heavy atom. The van der Waals surface area contributed by atoms with Crippen molar-refractivity contribution in [1.29, 1.82) is 0 Å². The van der Waals surface area contributed by atoms with E-state index in [0.717, 1.165) is 32.3 Å². The Hall–Kier alpha value is -4.04. The molecule has 42 heavy (non-hydrogen) atoms.